The van der Waals surface area contributed by atoms with Crippen LogP contribution in [0.1, 0.15) is 5.56 Å². The SMILES string of the molecule is COc1ccc(OC)c(N2CCN(CC(=O)NCc3ccc4c(c3)OCO4)C2=O)c1. The van der Waals surface area contributed by atoms with Gasteiger partial charge in [0.2, 0.25) is 12.7 Å². The molecule has 2 aromatic rings. The van der Waals surface area contributed by atoms with Gasteiger partial charge >= 0.3 is 6.03 Å². The van der Waals surface area contributed by atoms with Gasteiger partial charge in [-0.3, -0.25) is 9.69 Å². The number of anilines is 1. The molecule has 4 rings (SSSR count). The average molecular weight is 413 g/mol. The van der Waals surface area contributed by atoms with E-state index in [1.807, 2.05) is 18.2 Å². The molecule has 3 amide bonds. The van der Waals surface area contributed by atoms with E-state index in [-0.39, 0.29) is 25.3 Å². The number of hydrogen-bond donors (Lipinski definition) is 1. The zero-order valence-corrected chi connectivity index (χ0v) is 16.8. The lowest BCUT2D eigenvalue weighted by Crippen LogP contribution is -2.39. The van der Waals surface area contributed by atoms with E-state index in [1.54, 1.807) is 37.3 Å². The molecule has 2 aliphatic heterocycles. The van der Waals surface area contributed by atoms with Crippen LogP contribution in [0.2, 0.25) is 0 Å². The first-order valence-corrected chi connectivity index (χ1v) is 9.52. The van der Waals surface area contributed by atoms with Crippen LogP contribution in [0, 0.1) is 0 Å². The molecule has 2 aromatic carbocycles. The summed E-state index contributed by atoms with van der Waals surface area (Å²) >= 11 is 0. The molecule has 0 aromatic heterocycles. The number of hydrogen-bond acceptors (Lipinski definition) is 6. The van der Waals surface area contributed by atoms with Crippen molar-refractivity contribution in [2.75, 3.05) is 45.5 Å². The van der Waals surface area contributed by atoms with E-state index < -0.39 is 0 Å². The lowest BCUT2D eigenvalue weighted by Gasteiger charge is -2.21. The molecule has 2 aliphatic rings. The lowest BCUT2D eigenvalue weighted by atomic mass is 10.2. The summed E-state index contributed by atoms with van der Waals surface area (Å²) in [5.41, 5.74) is 1.51. The number of ether oxygens (including phenoxy) is 4. The van der Waals surface area contributed by atoms with E-state index >= 15 is 0 Å². The normalized spacial score (nSPS) is 14.8. The van der Waals surface area contributed by atoms with Crippen molar-refractivity contribution in [2.24, 2.45) is 0 Å². The van der Waals surface area contributed by atoms with Gasteiger partial charge in [-0.2, -0.15) is 0 Å². The minimum atomic E-state index is -0.250. The number of amides is 3. The van der Waals surface area contributed by atoms with Crippen molar-refractivity contribution in [3.63, 3.8) is 0 Å². The third-order valence-corrected chi connectivity index (χ3v) is 5.03. The molecule has 30 heavy (non-hydrogen) atoms. The first-order valence-electron chi connectivity index (χ1n) is 9.52. The maximum atomic E-state index is 12.9. The molecule has 9 heteroatoms. The summed E-state index contributed by atoms with van der Waals surface area (Å²) in [5.74, 6) is 2.32. The molecule has 1 fully saturated rings. The second kappa shape index (κ2) is 8.40. The first-order chi connectivity index (χ1) is 14.6. The first kappa shape index (κ1) is 19.7. The second-order valence-corrected chi connectivity index (χ2v) is 6.86. The van der Waals surface area contributed by atoms with Gasteiger partial charge in [0.15, 0.2) is 11.5 Å². The highest BCUT2D eigenvalue weighted by Gasteiger charge is 2.32. The molecule has 0 bridgehead atoms. The predicted octanol–water partition coefficient (Wildman–Crippen LogP) is 1.99. The molecule has 0 atom stereocenters. The van der Waals surface area contributed by atoms with E-state index in [2.05, 4.69) is 5.32 Å². The summed E-state index contributed by atoms with van der Waals surface area (Å²) < 4.78 is 21.3. The van der Waals surface area contributed by atoms with Gasteiger partial charge in [-0.15, -0.1) is 0 Å². The number of fused-ring (bicyclic) bond motifs is 1. The molecule has 0 unspecified atom stereocenters. The number of benzene rings is 2. The third kappa shape index (κ3) is 3.91. The second-order valence-electron chi connectivity index (χ2n) is 6.86. The van der Waals surface area contributed by atoms with Crippen LogP contribution in [0.15, 0.2) is 36.4 Å². The number of nitrogens with zero attached hydrogens (tertiary/aromatic N) is 2. The van der Waals surface area contributed by atoms with E-state index in [9.17, 15) is 9.59 Å². The number of methoxy groups -OCH3 is 2. The molecule has 0 aliphatic carbocycles. The largest absolute Gasteiger partial charge is 0.497 e. The minimum absolute atomic E-state index is 0.0217. The summed E-state index contributed by atoms with van der Waals surface area (Å²) in [4.78, 5) is 28.3. The number of carbonyl (C=O) groups excluding carboxylic acids is 2. The van der Waals surface area contributed by atoms with Crippen LogP contribution in [0.4, 0.5) is 10.5 Å². The molecular formula is C21H23N3O6. The fourth-order valence-corrected chi connectivity index (χ4v) is 3.44. The van der Waals surface area contributed by atoms with Gasteiger partial charge in [0, 0.05) is 25.7 Å². The fraction of sp³-hybridized carbons (Fsp3) is 0.333. The summed E-state index contributed by atoms with van der Waals surface area (Å²) in [6.07, 6.45) is 0. The Bertz CT molecular complexity index is 964. The maximum Gasteiger partial charge on any atom is 0.325 e. The van der Waals surface area contributed by atoms with Crippen molar-refractivity contribution in [3.8, 4) is 23.0 Å². The van der Waals surface area contributed by atoms with Crippen molar-refractivity contribution < 1.29 is 28.5 Å². The lowest BCUT2D eigenvalue weighted by molar-refractivity contribution is -0.121. The van der Waals surface area contributed by atoms with Crippen LogP contribution in [0.25, 0.3) is 0 Å². The van der Waals surface area contributed by atoms with Crippen molar-refractivity contribution in [3.05, 3.63) is 42.0 Å². The van der Waals surface area contributed by atoms with Gasteiger partial charge in [-0.25, -0.2) is 4.79 Å². The monoisotopic (exact) mass is 413 g/mol. The van der Waals surface area contributed by atoms with Crippen LogP contribution in [-0.4, -0.2) is 57.5 Å². The van der Waals surface area contributed by atoms with Crippen LogP contribution in [-0.2, 0) is 11.3 Å². The molecule has 158 valence electrons. The van der Waals surface area contributed by atoms with Gasteiger partial charge in [0.25, 0.3) is 0 Å². The molecule has 1 N–H and O–H groups in total. The topological polar surface area (TPSA) is 89.6 Å². The highest BCUT2D eigenvalue weighted by Crippen LogP contribution is 2.34. The molecule has 9 nitrogen and oxygen atoms in total. The highest BCUT2D eigenvalue weighted by molar-refractivity contribution is 5.97. The summed E-state index contributed by atoms with van der Waals surface area (Å²) in [6, 6.07) is 10.5. The van der Waals surface area contributed by atoms with Crippen LogP contribution in [0.5, 0.6) is 23.0 Å². The fourth-order valence-electron chi connectivity index (χ4n) is 3.44. The van der Waals surface area contributed by atoms with Crippen LogP contribution >= 0.6 is 0 Å². The summed E-state index contributed by atoms with van der Waals surface area (Å²) in [6.45, 7) is 1.42. The number of urea groups is 1. The summed E-state index contributed by atoms with van der Waals surface area (Å²) in [7, 11) is 3.11. The van der Waals surface area contributed by atoms with E-state index in [0.717, 1.165) is 5.56 Å². The van der Waals surface area contributed by atoms with Gasteiger partial charge in [-0.05, 0) is 29.8 Å². The number of rotatable bonds is 7. The standard InChI is InChI=1S/C21H23N3O6/c1-27-15-4-6-17(28-2)16(10-15)24-8-7-23(21(24)26)12-20(25)22-11-14-3-5-18-19(9-14)30-13-29-18/h3-6,9-10H,7-8,11-13H2,1-2H3,(H,22,25). The molecule has 0 saturated carbocycles. The van der Waals surface area contributed by atoms with E-state index in [1.165, 1.54) is 4.90 Å². The maximum absolute atomic E-state index is 12.9. The average Bonchev–Trinajstić information content (AvgIpc) is 3.38. The Labute approximate surface area is 174 Å². The Morgan fingerprint density at radius 2 is 1.90 bits per heavy atom. The van der Waals surface area contributed by atoms with Gasteiger partial charge in [0.05, 0.1) is 19.9 Å². The number of carbonyl (C=O) groups is 2. The van der Waals surface area contributed by atoms with Crippen molar-refractivity contribution in [1.29, 1.82) is 0 Å². The predicted molar refractivity (Wildman–Crippen MR) is 108 cm³/mol. The quantitative estimate of drug-likeness (QED) is 0.747. The molecule has 0 spiro atoms. The Kier molecular flexibility index (Phi) is 5.51. The highest BCUT2D eigenvalue weighted by atomic mass is 16.7. The molecule has 1 saturated heterocycles. The Morgan fingerprint density at radius 1 is 1.07 bits per heavy atom. The summed E-state index contributed by atoms with van der Waals surface area (Å²) in [5, 5.41) is 2.84. The smallest absolute Gasteiger partial charge is 0.325 e. The zero-order chi connectivity index (χ0) is 21.1. The van der Waals surface area contributed by atoms with Crippen LogP contribution < -0.4 is 29.2 Å². The third-order valence-electron chi connectivity index (χ3n) is 5.03. The van der Waals surface area contributed by atoms with Gasteiger partial charge in [-0.1, -0.05) is 6.07 Å². The van der Waals surface area contributed by atoms with E-state index in [0.29, 0.717) is 48.3 Å². The Hall–Kier alpha value is -3.62. The molecule has 0 radical (unpaired) electrons. The van der Waals surface area contributed by atoms with Crippen molar-refractivity contribution >= 4 is 17.6 Å². The van der Waals surface area contributed by atoms with Crippen molar-refractivity contribution in [1.82, 2.24) is 10.2 Å². The minimum Gasteiger partial charge on any atom is -0.497 e. The Balaban J connectivity index is 1.36. The van der Waals surface area contributed by atoms with Crippen LogP contribution in [0.3, 0.4) is 0 Å². The Morgan fingerprint density at radius 3 is 2.70 bits per heavy atom. The molecular weight excluding hydrogens is 390 g/mol. The number of nitrogens with one attached hydrogen (secondary N) is 1. The zero-order valence-electron chi connectivity index (χ0n) is 16.8. The van der Waals surface area contributed by atoms with Gasteiger partial charge < -0.3 is 29.2 Å². The van der Waals surface area contributed by atoms with Crippen molar-refractivity contribution in [2.45, 2.75) is 6.54 Å². The van der Waals surface area contributed by atoms with Gasteiger partial charge in [0.1, 0.15) is 18.0 Å². The molecule has 2 heterocycles. The van der Waals surface area contributed by atoms with E-state index in [4.69, 9.17) is 18.9 Å².